The highest BCUT2D eigenvalue weighted by Crippen LogP contribution is 2.29. The van der Waals surface area contributed by atoms with Gasteiger partial charge in [0.05, 0.1) is 11.3 Å². The van der Waals surface area contributed by atoms with Gasteiger partial charge in [0.15, 0.2) is 0 Å². The van der Waals surface area contributed by atoms with Gasteiger partial charge < -0.3 is 20.8 Å². The molecule has 2 aromatic carbocycles. The van der Waals surface area contributed by atoms with Crippen molar-refractivity contribution in [2.45, 2.75) is 36.4 Å². The molecule has 2 heterocycles. The van der Waals surface area contributed by atoms with Gasteiger partial charge in [0.2, 0.25) is 0 Å². The second-order valence-electron chi connectivity index (χ2n) is 8.36. The zero-order valence-electron chi connectivity index (χ0n) is 21.3. The molecule has 8 nitrogen and oxygen atoms in total. The standard InChI is InChI=1S/C10H8S2.C9H19N5O2.C8H10O/c11-10-7-6-9(12-10)8-4-2-1-3-5-8;10-7(8-3-1-2-4-12-8)5-14(11)6-9(15)13-16;1-7-3-5-8(9-2)6-4-7/h1-7,11H;5,8,12,16H,1-4,6,10-11H2,(H,13,15);3-6H,1-2H3/b;7-5-;. The van der Waals surface area contributed by atoms with Crippen molar-refractivity contribution in [1.82, 2.24) is 15.8 Å². The van der Waals surface area contributed by atoms with Crippen LogP contribution in [-0.4, -0.2) is 42.4 Å². The molecule has 10 heteroatoms. The fraction of sp³-hybridized carbons (Fsp3) is 0.296. The Hall–Kier alpha value is -3.02. The molecule has 0 bridgehead atoms. The van der Waals surface area contributed by atoms with Crippen LogP contribution < -0.4 is 27.1 Å². The first-order valence-electron chi connectivity index (χ1n) is 11.9. The Morgan fingerprint density at radius 2 is 1.89 bits per heavy atom. The van der Waals surface area contributed by atoms with Crippen LogP contribution in [0.2, 0.25) is 0 Å². The summed E-state index contributed by atoms with van der Waals surface area (Å²) in [6.45, 7) is 2.87. The molecular weight excluding hydrogens is 506 g/mol. The SMILES string of the molecule is COc1ccc(C)cc1.N/C(=C\N(N)CC(=O)NO)C1CCCCN1.Sc1ccc(-c2ccccc2)s1. The van der Waals surface area contributed by atoms with E-state index in [4.69, 9.17) is 21.5 Å². The number of carbonyl (C=O) groups excluding carboxylic acids is 1. The first kappa shape index (κ1) is 30.2. The summed E-state index contributed by atoms with van der Waals surface area (Å²) in [5.74, 6) is 5.87. The molecule has 4 rings (SSSR count). The zero-order valence-corrected chi connectivity index (χ0v) is 23.0. The number of hydrogen-bond donors (Lipinski definition) is 6. The lowest BCUT2D eigenvalue weighted by molar-refractivity contribution is -0.129. The Balaban J connectivity index is 0.000000203. The average molecular weight is 544 g/mol. The summed E-state index contributed by atoms with van der Waals surface area (Å²) in [5.41, 5.74) is 10.5. The third kappa shape index (κ3) is 11.7. The molecule has 1 fully saturated rings. The average Bonchev–Trinajstić information content (AvgIpc) is 3.37. The summed E-state index contributed by atoms with van der Waals surface area (Å²) < 4.78 is 6.03. The summed E-state index contributed by atoms with van der Waals surface area (Å²) in [6, 6.07) is 22.6. The number of nitrogens with one attached hydrogen (secondary N) is 2. The van der Waals surface area contributed by atoms with E-state index in [1.165, 1.54) is 27.7 Å². The summed E-state index contributed by atoms with van der Waals surface area (Å²) in [7, 11) is 1.67. The van der Waals surface area contributed by atoms with Crippen LogP contribution >= 0.6 is 24.0 Å². The number of carbonyl (C=O) groups is 1. The molecule has 3 aromatic rings. The van der Waals surface area contributed by atoms with Crippen LogP contribution in [0, 0.1) is 6.92 Å². The normalized spacial score (nSPS) is 14.8. The van der Waals surface area contributed by atoms with E-state index in [1.54, 1.807) is 18.4 Å². The number of nitrogens with zero attached hydrogens (tertiary/aromatic N) is 1. The number of hydroxylamine groups is 1. The van der Waals surface area contributed by atoms with Gasteiger partial charge in [0, 0.05) is 22.8 Å². The van der Waals surface area contributed by atoms with Crippen LogP contribution in [0.25, 0.3) is 10.4 Å². The molecule has 0 radical (unpaired) electrons. The van der Waals surface area contributed by atoms with Gasteiger partial charge in [-0.2, -0.15) is 0 Å². The predicted molar refractivity (Wildman–Crippen MR) is 153 cm³/mol. The first-order valence-corrected chi connectivity index (χ1v) is 13.2. The number of nitrogens with two attached hydrogens (primary N) is 2. The van der Waals surface area contributed by atoms with Crippen LogP contribution in [0.15, 0.2) is 82.8 Å². The maximum absolute atomic E-state index is 10.8. The molecule has 1 saturated heterocycles. The highest BCUT2D eigenvalue weighted by atomic mass is 32.2. The van der Waals surface area contributed by atoms with Gasteiger partial charge in [0.25, 0.3) is 5.91 Å². The van der Waals surface area contributed by atoms with Crippen molar-refractivity contribution in [2.24, 2.45) is 11.6 Å². The first-order chi connectivity index (χ1) is 17.8. The highest BCUT2D eigenvalue weighted by Gasteiger charge is 2.15. The van der Waals surface area contributed by atoms with Crippen molar-refractivity contribution in [1.29, 1.82) is 0 Å². The fourth-order valence-corrected chi connectivity index (χ4v) is 4.55. The number of methoxy groups -OCH3 is 1. The van der Waals surface area contributed by atoms with E-state index in [0.717, 1.165) is 40.8 Å². The van der Waals surface area contributed by atoms with Crippen molar-refractivity contribution in [3.05, 3.63) is 84.2 Å². The van der Waals surface area contributed by atoms with Gasteiger partial charge >= 0.3 is 0 Å². The maximum Gasteiger partial charge on any atom is 0.264 e. The number of thiol groups is 1. The van der Waals surface area contributed by atoms with Crippen molar-refractivity contribution < 1.29 is 14.7 Å². The fourth-order valence-electron chi connectivity index (χ4n) is 3.42. The quantitative estimate of drug-likeness (QED) is 0.118. The minimum Gasteiger partial charge on any atom is -0.497 e. The van der Waals surface area contributed by atoms with E-state index in [0.29, 0.717) is 5.70 Å². The lowest BCUT2D eigenvalue weighted by Crippen LogP contribution is -2.41. The Kier molecular flexibility index (Phi) is 13.6. The molecule has 1 amide bonds. The van der Waals surface area contributed by atoms with Gasteiger partial charge in [-0.25, -0.2) is 11.3 Å². The number of hydrazine groups is 1. The number of amides is 1. The molecule has 1 unspecified atom stereocenters. The third-order valence-electron chi connectivity index (χ3n) is 5.39. The second-order valence-corrected chi connectivity index (χ2v) is 10.2. The van der Waals surface area contributed by atoms with E-state index >= 15 is 0 Å². The van der Waals surface area contributed by atoms with E-state index in [1.807, 2.05) is 48.5 Å². The number of hydrogen-bond acceptors (Lipinski definition) is 9. The summed E-state index contributed by atoms with van der Waals surface area (Å²) >= 11 is 5.98. The second kappa shape index (κ2) is 16.7. The molecule has 0 aliphatic carbocycles. The summed E-state index contributed by atoms with van der Waals surface area (Å²) in [4.78, 5) is 12.1. The Morgan fingerprint density at radius 3 is 2.43 bits per heavy atom. The van der Waals surface area contributed by atoms with E-state index in [9.17, 15) is 4.79 Å². The van der Waals surface area contributed by atoms with Crippen LogP contribution in [0.1, 0.15) is 24.8 Å². The number of rotatable bonds is 6. The lowest BCUT2D eigenvalue weighted by Gasteiger charge is -2.25. The van der Waals surface area contributed by atoms with Gasteiger partial charge in [-0.1, -0.05) is 54.4 Å². The molecule has 1 aromatic heterocycles. The van der Waals surface area contributed by atoms with E-state index in [-0.39, 0.29) is 12.6 Å². The number of ether oxygens (including phenoxy) is 1. The van der Waals surface area contributed by atoms with Gasteiger partial charge in [-0.3, -0.25) is 10.0 Å². The van der Waals surface area contributed by atoms with Crippen LogP contribution in [0.3, 0.4) is 0 Å². The monoisotopic (exact) mass is 543 g/mol. The van der Waals surface area contributed by atoms with Crippen molar-refractivity contribution in [3.8, 4) is 16.2 Å². The molecule has 1 aliphatic rings. The van der Waals surface area contributed by atoms with Crippen molar-refractivity contribution >= 4 is 29.9 Å². The van der Waals surface area contributed by atoms with Gasteiger partial charge in [0.1, 0.15) is 12.3 Å². The zero-order chi connectivity index (χ0) is 27.0. The third-order valence-corrected chi connectivity index (χ3v) is 6.75. The Morgan fingerprint density at radius 1 is 1.19 bits per heavy atom. The van der Waals surface area contributed by atoms with Crippen LogP contribution in [0.4, 0.5) is 0 Å². The van der Waals surface area contributed by atoms with E-state index < -0.39 is 5.91 Å². The minimum absolute atomic E-state index is 0.122. The number of piperidine rings is 1. The number of thiophene rings is 1. The summed E-state index contributed by atoms with van der Waals surface area (Å²) in [6.07, 6.45) is 4.78. The molecule has 1 atom stereocenters. The molecule has 200 valence electrons. The maximum atomic E-state index is 10.8. The van der Waals surface area contributed by atoms with Crippen LogP contribution in [0.5, 0.6) is 5.75 Å². The molecule has 7 N–H and O–H groups in total. The van der Waals surface area contributed by atoms with Gasteiger partial charge in [-0.15, -0.1) is 24.0 Å². The van der Waals surface area contributed by atoms with Crippen LogP contribution in [-0.2, 0) is 4.79 Å². The molecule has 0 saturated carbocycles. The lowest BCUT2D eigenvalue weighted by atomic mass is 10.0. The highest BCUT2D eigenvalue weighted by molar-refractivity contribution is 7.83. The minimum atomic E-state index is -0.580. The topological polar surface area (TPSA) is 126 Å². The van der Waals surface area contributed by atoms with Gasteiger partial charge in [-0.05, 0) is 56.1 Å². The Labute approximate surface area is 228 Å². The van der Waals surface area contributed by atoms with Crippen molar-refractivity contribution in [2.75, 3.05) is 20.2 Å². The molecule has 1 aliphatic heterocycles. The molecule has 37 heavy (non-hydrogen) atoms. The summed E-state index contributed by atoms with van der Waals surface area (Å²) in [5, 5.41) is 12.7. The Bertz CT molecular complexity index is 1080. The molecule has 0 spiro atoms. The van der Waals surface area contributed by atoms with E-state index in [2.05, 4.69) is 43.1 Å². The molecular formula is C27H37N5O3S2. The smallest absolute Gasteiger partial charge is 0.264 e. The van der Waals surface area contributed by atoms with Crippen molar-refractivity contribution in [3.63, 3.8) is 0 Å². The number of aryl methyl sites for hydroxylation is 1. The largest absolute Gasteiger partial charge is 0.497 e. The number of benzene rings is 2. The predicted octanol–water partition coefficient (Wildman–Crippen LogP) is 4.32.